The van der Waals surface area contributed by atoms with Crippen LogP contribution in [0.1, 0.15) is 13.8 Å². The van der Waals surface area contributed by atoms with Gasteiger partial charge in [-0.15, -0.1) is 12.4 Å². The maximum atomic E-state index is 12.0. The summed E-state index contributed by atoms with van der Waals surface area (Å²) in [7, 11) is 1.77. The average Bonchev–Trinajstić information content (AvgIpc) is 2.39. The molecular weight excluding hydrogens is 344 g/mol. The first-order valence-corrected chi connectivity index (χ1v) is 7.10. The summed E-state index contributed by atoms with van der Waals surface area (Å²) in [5, 5.41) is 0. The number of likely N-dealkylation sites (N-methyl/N-ethyl adjacent to an activating group) is 1. The molecule has 0 aliphatic rings. The summed E-state index contributed by atoms with van der Waals surface area (Å²) in [5.74, 6) is 0.677. The number of rotatable bonds is 6. The van der Waals surface area contributed by atoms with Crippen molar-refractivity contribution in [1.29, 1.82) is 0 Å². The summed E-state index contributed by atoms with van der Waals surface area (Å²) < 4.78 is 6.59. The lowest BCUT2D eigenvalue weighted by atomic mass is 10.0. The Labute approximate surface area is 135 Å². The number of ether oxygens (including phenoxy) is 1. The maximum Gasteiger partial charge on any atom is 0.226 e. The summed E-state index contributed by atoms with van der Waals surface area (Å²) in [6.07, 6.45) is 0. The molecule has 4 nitrogen and oxygen atoms in total. The van der Waals surface area contributed by atoms with Crippen molar-refractivity contribution in [3.8, 4) is 5.75 Å². The van der Waals surface area contributed by atoms with Crippen LogP contribution in [0.15, 0.2) is 28.7 Å². The van der Waals surface area contributed by atoms with E-state index in [1.165, 1.54) is 0 Å². The topological polar surface area (TPSA) is 55.6 Å². The summed E-state index contributed by atoms with van der Waals surface area (Å²) in [6.45, 7) is 4.70. The lowest BCUT2D eigenvalue weighted by Gasteiger charge is -2.23. The fourth-order valence-corrected chi connectivity index (χ4v) is 1.78. The van der Waals surface area contributed by atoms with Crippen LogP contribution < -0.4 is 10.5 Å². The number of benzene rings is 1. The Balaban J connectivity index is 0.00000361. The van der Waals surface area contributed by atoms with Crippen LogP contribution in [0.2, 0.25) is 0 Å². The first-order chi connectivity index (χ1) is 8.91. The Kier molecular flexibility index (Phi) is 8.85. The third kappa shape index (κ3) is 6.11. The Morgan fingerprint density at radius 3 is 2.40 bits per heavy atom. The molecule has 0 aliphatic heterocycles. The van der Waals surface area contributed by atoms with Gasteiger partial charge in [-0.2, -0.15) is 0 Å². The van der Waals surface area contributed by atoms with Gasteiger partial charge in [0.15, 0.2) is 0 Å². The van der Waals surface area contributed by atoms with Crippen molar-refractivity contribution in [1.82, 2.24) is 4.90 Å². The molecule has 0 saturated carbocycles. The van der Waals surface area contributed by atoms with E-state index in [2.05, 4.69) is 15.9 Å². The molecule has 2 atom stereocenters. The van der Waals surface area contributed by atoms with Crippen LogP contribution in [0.25, 0.3) is 0 Å². The van der Waals surface area contributed by atoms with Gasteiger partial charge >= 0.3 is 0 Å². The zero-order valence-electron chi connectivity index (χ0n) is 12.0. The highest BCUT2D eigenvalue weighted by Crippen LogP contribution is 2.16. The molecule has 0 aromatic heterocycles. The summed E-state index contributed by atoms with van der Waals surface area (Å²) in [4.78, 5) is 13.6. The number of hydrogen-bond acceptors (Lipinski definition) is 3. The van der Waals surface area contributed by atoms with Crippen molar-refractivity contribution in [3.05, 3.63) is 28.7 Å². The Morgan fingerprint density at radius 2 is 1.90 bits per heavy atom. The van der Waals surface area contributed by atoms with E-state index in [-0.39, 0.29) is 30.3 Å². The van der Waals surface area contributed by atoms with Gasteiger partial charge in [0.1, 0.15) is 12.4 Å². The van der Waals surface area contributed by atoms with Crippen LogP contribution in [0, 0.1) is 5.92 Å². The smallest absolute Gasteiger partial charge is 0.226 e. The lowest BCUT2D eigenvalue weighted by Crippen LogP contribution is -2.41. The van der Waals surface area contributed by atoms with Gasteiger partial charge in [-0.05, 0) is 31.2 Å². The second-order valence-corrected chi connectivity index (χ2v) is 5.63. The molecule has 0 bridgehead atoms. The zero-order chi connectivity index (χ0) is 14.4. The van der Waals surface area contributed by atoms with Gasteiger partial charge < -0.3 is 15.4 Å². The summed E-state index contributed by atoms with van der Waals surface area (Å²) >= 11 is 3.37. The first kappa shape index (κ1) is 19.2. The molecule has 6 heteroatoms. The molecule has 1 amide bonds. The minimum atomic E-state index is -0.169. The number of nitrogens with two attached hydrogens (primary N) is 1. The fourth-order valence-electron chi connectivity index (χ4n) is 1.51. The maximum absolute atomic E-state index is 12.0. The highest BCUT2D eigenvalue weighted by Gasteiger charge is 2.20. The van der Waals surface area contributed by atoms with Crippen LogP contribution in [-0.2, 0) is 4.79 Å². The third-order valence-corrected chi connectivity index (χ3v) is 3.59. The number of carbonyl (C=O) groups is 1. The lowest BCUT2D eigenvalue weighted by molar-refractivity contribution is -0.134. The van der Waals surface area contributed by atoms with E-state index in [4.69, 9.17) is 10.5 Å². The molecule has 0 saturated heterocycles. The van der Waals surface area contributed by atoms with Gasteiger partial charge in [0.25, 0.3) is 0 Å². The van der Waals surface area contributed by atoms with Crippen LogP contribution >= 0.6 is 28.3 Å². The van der Waals surface area contributed by atoms with Gasteiger partial charge in [-0.3, -0.25) is 4.79 Å². The molecule has 20 heavy (non-hydrogen) atoms. The quantitative estimate of drug-likeness (QED) is 0.843. The van der Waals surface area contributed by atoms with E-state index in [9.17, 15) is 4.79 Å². The van der Waals surface area contributed by atoms with Crippen LogP contribution in [0.4, 0.5) is 0 Å². The minimum absolute atomic E-state index is 0. The first-order valence-electron chi connectivity index (χ1n) is 6.30. The van der Waals surface area contributed by atoms with Crippen molar-refractivity contribution in [2.24, 2.45) is 11.7 Å². The van der Waals surface area contributed by atoms with E-state index in [0.29, 0.717) is 13.2 Å². The number of halogens is 2. The van der Waals surface area contributed by atoms with Gasteiger partial charge in [-0.1, -0.05) is 22.9 Å². The van der Waals surface area contributed by atoms with Gasteiger partial charge in [0.05, 0.1) is 12.5 Å². The molecule has 1 aromatic carbocycles. The van der Waals surface area contributed by atoms with E-state index < -0.39 is 0 Å². The van der Waals surface area contributed by atoms with Crippen molar-refractivity contribution in [2.45, 2.75) is 19.9 Å². The van der Waals surface area contributed by atoms with E-state index >= 15 is 0 Å². The van der Waals surface area contributed by atoms with Crippen LogP contribution in [-0.4, -0.2) is 37.0 Å². The van der Waals surface area contributed by atoms with Crippen molar-refractivity contribution in [3.63, 3.8) is 0 Å². The largest absolute Gasteiger partial charge is 0.492 e. The van der Waals surface area contributed by atoms with Crippen LogP contribution in [0.5, 0.6) is 5.75 Å². The number of hydrogen-bond donors (Lipinski definition) is 1. The molecule has 1 rings (SSSR count). The second kappa shape index (κ2) is 9.21. The number of nitrogens with zero attached hydrogens (tertiary/aromatic N) is 1. The highest BCUT2D eigenvalue weighted by atomic mass is 79.9. The second-order valence-electron chi connectivity index (χ2n) is 4.71. The van der Waals surface area contributed by atoms with Gasteiger partial charge in [0, 0.05) is 17.6 Å². The summed E-state index contributed by atoms with van der Waals surface area (Å²) in [6, 6.07) is 7.47. The molecular formula is C14H22BrClN2O2. The predicted octanol–water partition coefficient (Wildman–Crippen LogP) is 2.69. The van der Waals surface area contributed by atoms with Gasteiger partial charge in [-0.25, -0.2) is 0 Å². The van der Waals surface area contributed by atoms with Gasteiger partial charge in [0.2, 0.25) is 5.91 Å². The standard InChI is InChI=1S/C14H21BrN2O2.ClH/c1-10(11(2)16)14(18)17(3)8-9-19-13-6-4-12(15)5-7-13;/h4-7,10-11H,8-9,16H2,1-3H3;1H. The molecule has 114 valence electrons. The minimum Gasteiger partial charge on any atom is -0.492 e. The van der Waals surface area contributed by atoms with E-state index in [1.54, 1.807) is 11.9 Å². The number of carbonyl (C=O) groups excluding carboxylic acids is 1. The molecule has 0 aliphatic carbocycles. The molecule has 0 heterocycles. The molecule has 2 N–H and O–H groups in total. The monoisotopic (exact) mass is 364 g/mol. The summed E-state index contributed by atoms with van der Waals surface area (Å²) in [5.41, 5.74) is 5.73. The van der Waals surface area contributed by atoms with Crippen molar-refractivity contribution >= 4 is 34.2 Å². The molecule has 1 aromatic rings. The SMILES string of the molecule is CC(N)C(C)C(=O)N(C)CCOc1ccc(Br)cc1.Cl. The van der Waals surface area contributed by atoms with Crippen molar-refractivity contribution < 1.29 is 9.53 Å². The van der Waals surface area contributed by atoms with E-state index in [0.717, 1.165) is 10.2 Å². The zero-order valence-corrected chi connectivity index (χ0v) is 14.4. The number of amides is 1. The Hall–Kier alpha value is -0.780. The van der Waals surface area contributed by atoms with E-state index in [1.807, 2.05) is 38.1 Å². The Bertz CT molecular complexity index is 412. The normalized spacial score (nSPS) is 13.1. The Morgan fingerprint density at radius 1 is 1.35 bits per heavy atom. The molecule has 2 unspecified atom stereocenters. The molecule has 0 spiro atoms. The molecule has 0 radical (unpaired) electrons. The average molecular weight is 366 g/mol. The fraction of sp³-hybridized carbons (Fsp3) is 0.500. The van der Waals surface area contributed by atoms with Crippen LogP contribution in [0.3, 0.4) is 0 Å². The molecule has 0 fully saturated rings. The third-order valence-electron chi connectivity index (χ3n) is 3.06. The van der Waals surface area contributed by atoms with Crippen molar-refractivity contribution in [2.75, 3.05) is 20.2 Å². The predicted molar refractivity (Wildman–Crippen MR) is 87.3 cm³/mol. The highest BCUT2D eigenvalue weighted by molar-refractivity contribution is 9.10.